The van der Waals surface area contributed by atoms with Gasteiger partial charge in [0.2, 0.25) is 0 Å². The van der Waals surface area contributed by atoms with Gasteiger partial charge in [0.15, 0.2) is 0 Å². The van der Waals surface area contributed by atoms with Crippen molar-refractivity contribution in [2.45, 2.75) is 25.8 Å². The quantitative estimate of drug-likeness (QED) is 0.682. The highest BCUT2D eigenvalue weighted by molar-refractivity contribution is 5.95. The number of benzene rings is 1. The number of halogens is 1. The largest absolute Gasteiger partial charge is 0.381 e. The topological polar surface area (TPSA) is 81.5 Å². The number of hydrogen-bond acceptors (Lipinski definition) is 4. The second-order valence-electron chi connectivity index (χ2n) is 5.13. The van der Waals surface area contributed by atoms with E-state index in [0.29, 0.717) is 13.2 Å². The zero-order valence-corrected chi connectivity index (χ0v) is 11.7. The van der Waals surface area contributed by atoms with Crippen molar-refractivity contribution in [1.29, 1.82) is 0 Å². The second-order valence-corrected chi connectivity index (χ2v) is 5.13. The Balaban J connectivity index is 2.08. The molecule has 1 aliphatic rings. The molecule has 2 rings (SSSR count). The molecule has 7 heteroatoms. The van der Waals surface area contributed by atoms with E-state index in [4.69, 9.17) is 4.74 Å². The number of carbonyl (C=O) groups is 1. The van der Waals surface area contributed by atoms with Gasteiger partial charge in [0.05, 0.1) is 10.5 Å². The summed E-state index contributed by atoms with van der Waals surface area (Å²) in [6.45, 7) is 3.15. The number of ether oxygens (including phenoxy) is 1. The lowest BCUT2D eigenvalue weighted by Crippen LogP contribution is -2.40. The molecule has 0 aliphatic carbocycles. The third-order valence-corrected chi connectivity index (χ3v) is 3.74. The van der Waals surface area contributed by atoms with Gasteiger partial charge in [-0.1, -0.05) is 0 Å². The highest BCUT2D eigenvalue weighted by atomic mass is 19.1. The van der Waals surface area contributed by atoms with Crippen molar-refractivity contribution < 1.29 is 18.8 Å². The molecule has 0 bridgehead atoms. The fourth-order valence-electron chi connectivity index (χ4n) is 2.42. The minimum absolute atomic E-state index is 0.139. The van der Waals surface area contributed by atoms with Crippen LogP contribution in [0.2, 0.25) is 0 Å². The van der Waals surface area contributed by atoms with Gasteiger partial charge in [-0.05, 0) is 31.7 Å². The van der Waals surface area contributed by atoms with Gasteiger partial charge < -0.3 is 10.1 Å². The molecule has 1 aliphatic heterocycles. The van der Waals surface area contributed by atoms with Crippen LogP contribution in [0.4, 0.5) is 10.1 Å². The van der Waals surface area contributed by atoms with Crippen LogP contribution in [-0.4, -0.2) is 30.1 Å². The van der Waals surface area contributed by atoms with Gasteiger partial charge in [-0.15, -0.1) is 0 Å². The predicted octanol–water partition coefficient (Wildman–Crippen LogP) is 2.28. The maximum atomic E-state index is 13.7. The van der Waals surface area contributed by atoms with Crippen molar-refractivity contribution in [3.05, 3.63) is 39.7 Å². The molecule has 1 amide bonds. The molecule has 1 atom stereocenters. The Hall–Kier alpha value is -2.02. The molecule has 0 aromatic heterocycles. The third kappa shape index (κ3) is 3.75. The van der Waals surface area contributed by atoms with Crippen LogP contribution in [-0.2, 0) is 4.74 Å². The summed E-state index contributed by atoms with van der Waals surface area (Å²) in [5.74, 6) is -1.13. The normalized spacial score (nSPS) is 17.2. The fraction of sp³-hybridized carbons (Fsp3) is 0.500. The smallest absolute Gasteiger partial charge is 0.270 e. The summed E-state index contributed by atoms with van der Waals surface area (Å²) in [5.41, 5.74) is -0.608. The molecule has 1 aromatic carbocycles. The molecule has 114 valence electrons. The monoisotopic (exact) mass is 296 g/mol. The van der Waals surface area contributed by atoms with Crippen LogP contribution in [0.1, 0.15) is 30.1 Å². The number of nitro benzene ring substituents is 1. The summed E-state index contributed by atoms with van der Waals surface area (Å²) in [4.78, 5) is 22.1. The van der Waals surface area contributed by atoms with Crippen LogP contribution in [0.5, 0.6) is 0 Å². The number of nitro groups is 1. The molecule has 1 fully saturated rings. The van der Waals surface area contributed by atoms with E-state index in [0.717, 1.165) is 31.0 Å². The molecular formula is C14H17FN2O4. The first-order valence-corrected chi connectivity index (χ1v) is 6.81. The summed E-state index contributed by atoms with van der Waals surface area (Å²) in [6, 6.07) is 2.79. The Morgan fingerprint density at radius 2 is 2.14 bits per heavy atom. The summed E-state index contributed by atoms with van der Waals surface area (Å²) < 4.78 is 18.9. The molecule has 1 saturated heterocycles. The Labute approximate surface area is 121 Å². The molecule has 1 unspecified atom stereocenters. The molecule has 6 nitrogen and oxygen atoms in total. The van der Waals surface area contributed by atoms with Crippen molar-refractivity contribution in [3.8, 4) is 0 Å². The first kappa shape index (κ1) is 15.4. The molecule has 1 heterocycles. The molecule has 0 saturated carbocycles. The standard InChI is InChI=1S/C14H17FN2O4/c1-9(10-4-6-21-7-5-10)16-14(18)12-8-11(17(19)20)2-3-13(12)15/h2-3,8-10H,4-7H2,1H3,(H,16,18). The minimum atomic E-state index is -0.766. The zero-order chi connectivity index (χ0) is 15.4. The fourth-order valence-corrected chi connectivity index (χ4v) is 2.42. The van der Waals surface area contributed by atoms with E-state index in [9.17, 15) is 19.3 Å². The summed E-state index contributed by atoms with van der Waals surface area (Å²) in [6.07, 6.45) is 1.66. The average Bonchev–Trinajstić information content (AvgIpc) is 2.48. The van der Waals surface area contributed by atoms with Crippen LogP contribution >= 0.6 is 0 Å². The number of hydrogen-bond donors (Lipinski definition) is 1. The number of nitrogens with zero attached hydrogens (tertiary/aromatic N) is 1. The van der Waals surface area contributed by atoms with Crippen LogP contribution in [0, 0.1) is 21.8 Å². The highest BCUT2D eigenvalue weighted by Gasteiger charge is 2.24. The van der Waals surface area contributed by atoms with Gasteiger partial charge in [0.25, 0.3) is 11.6 Å². The zero-order valence-electron chi connectivity index (χ0n) is 11.7. The van der Waals surface area contributed by atoms with E-state index in [1.165, 1.54) is 0 Å². The number of rotatable bonds is 4. The van der Waals surface area contributed by atoms with Crippen molar-refractivity contribution in [2.75, 3.05) is 13.2 Å². The minimum Gasteiger partial charge on any atom is -0.381 e. The predicted molar refractivity (Wildman–Crippen MR) is 73.5 cm³/mol. The molecule has 0 radical (unpaired) electrons. The van der Waals surface area contributed by atoms with Gasteiger partial charge in [-0.2, -0.15) is 0 Å². The molecule has 1 aromatic rings. The van der Waals surface area contributed by atoms with Gasteiger partial charge >= 0.3 is 0 Å². The van der Waals surface area contributed by atoms with Crippen molar-refractivity contribution in [2.24, 2.45) is 5.92 Å². The van der Waals surface area contributed by atoms with Crippen LogP contribution < -0.4 is 5.32 Å². The van der Waals surface area contributed by atoms with Gasteiger partial charge in [0, 0.05) is 31.4 Å². The van der Waals surface area contributed by atoms with Crippen LogP contribution in [0.15, 0.2) is 18.2 Å². The lowest BCUT2D eigenvalue weighted by Gasteiger charge is -2.28. The third-order valence-electron chi connectivity index (χ3n) is 3.74. The number of non-ortho nitro benzene ring substituents is 1. The first-order chi connectivity index (χ1) is 9.99. The SMILES string of the molecule is CC(NC(=O)c1cc([N+](=O)[O-])ccc1F)C1CCOCC1. The first-order valence-electron chi connectivity index (χ1n) is 6.81. The average molecular weight is 296 g/mol. The van der Waals surface area contributed by atoms with Crippen LogP contribution in [0.25, 0.3) is 0 Å². The number of carbonyl (C=O) groups excluding carboxylic acids is 1. The van der Waals surface area contributed by atoms with Crippen LogP contribution in [0.3, 0.4) is 0 Å². The molecule has 21 heavy (non-hydrogen) atoms. The van der Waals surface area contributed by atoms with Crippen molar-refractivity contribution in [1.82, 2.24) is 5.32 Å². The Bertz CT molecular complexity index is 544. The van der Waals surface area contributed by atoms with Gasteiger partial charge in [0.1, 0.15) is 5.82 Å². The maximum Gasteiger partial charge on any atom is 0.270 e. The van der Waals surface area contributed by atoms with Crippen molar-refractivity contribution in [3.63, 3.8) is 0 Å². The van der Waals surface area contributed by atoms with E-state index >= 15 is 0 Å². The summed E-state index contributed by atoms with van der Waals surface area (Å²) in [5, 5.41) is 13.4. The summed E-state index contributed by atoms with van der Waals surface area (Å²) >= 11 is 0. The van der Waals surface area contributed by atoms with Gasteiger partial charge in [-0.25, -0.2) is 4.39 Å². The summed E-state index contributed by atoms with van der Waals surface area (Å²) in [7, 11) is 0. The molecule has 0 spiro atoms. The highest BCUT2D eigenvalue weighted by Crippen LogP contribution is 2.20. The number of nitrogens with one attached hydrogen (secondary N) is 1. The van der Waals surface area contributed by atoms with E-state index in [2.05, 4.69) is 5.32 Å². The maximum absolute atomic E-state index is 13.7. The Morgan fingerprint density at radius 1 is 1.48 bits per heavy atom. The molecule has 1 N–H and O–H groups in total. The van der Waals surface area contributed by atoms with E-state index in [1.54, 1.807) is 0 Å². The lowest BCUT2D eigenvalue weighted by molar-refractivity contribution is -0.384. The second kappa shape index (κ2) is 6.62. The number of amides is 1. The molecular weight excluding hydrogens is 279 g/mol. The Kier molecular flexibility index (Phi) is 4.85. The van der Waals surface area contributed by atoms with E-state index in [-0.39, 0.29) is 23.2 Å². The van der Waals surface area contributed by atoms with E-state index < -0.39 is 16.6 Å². The lowest BCUT2D eigenvalue weighted by atomic mass is 9.93. The van der Waals surface area contributed by atoms with Gasteiger partial charge in [-0.3, -0.25) is 14.9 Å². The van der Waals surface area contributed by atoms with Crippen molar-refractivity contribution >= 4 is 11.6 Å². The Morgan fingerprint density at radius 3 is 2.76 bits per heavy atom. The van der Waals surface area contributed by atoms with E-state index in [1.807, 2.05) is 6.92 Å².